The van der Waals surface area contributed by atoms with E-state index in [-0.39, 0.29) is 92.5 Å². The van der Waals surface area contributed by atoms with Crippen LogP contribution in [0.2, 0.25) is 0 Å². The number of likely N-dealkylation sites (tertiary alicyclic amines) is 2. The lowest BCUT2D eigenvalue weighted by Crippen LogP contribution is -2.62. The number of nitrogens with one attached hydrogen (secondary N) is 3. The molecule has 2 aromatic rings. The summed E-state index contributed by atoms with van der Waals surface area (Å²) in [5.41, 5.74) is -0.463. The maximum atomic E-state index is 14.7. The first-order valence-electron chi connectivity index (χ1n) is 30.1. The number of aromatic nitrogens is 2. The zero-order valence-corrected chi connectivity index (χ0v) is 53.3. The molecular formula is C60H96N8O18S. The van der Waals surface area contributed by atoms with Crippen LogP contribution in [0.3, 0.4) is 0 Å². The number of hydrogen-bond donors (Lipinski definition) is 4. The maximum Gasteiger partial charge on any atom is 0.326 e. The largest absolute Gasteiger partial charge is 0.480 e. The number of carbonyl (C=O) groups is 7. The summed E-state index contributed by atoms with van der Waals surface area (Å²) >= 11 is 0. The average Bonchev–Trinajstić information content (AvgIpc) is 1.91. The molecule has 0 saturated carbocycles. The van der Waals surface area contributed by atoms with Crippen LogP contribution >= 0.6 is 0 Å². The molecule has 0 bridgehead atoms. The molecule has 0 aliphatic carbocycles. The van der Waals surface area contributed by atoms with Gasteiger partial charge >= 0.3 is 5.97 Å². The van der Waals surface area contributed by atoms with Gasteiger partial charge in [0.05, 0.1) is 135 Å². The number of rotatable bonds is 42. The summed E-state index contributed by atoms with van der Waals surface area (Å²) in [6.07, 6.45) is 4.56. The number of nitrogens with zero attached hydrogens (tertiary/aromatic N) is 5. The van der Waals surface area contributed by atoms with Crippen LogP contribution in [0.4, 0.5) is 0 Å². The van der Waals surface area contributed by atoms with Crippen molar-refractivity contribution in [2.45, 2.75) is 140 Å². The molecule has 2 saturated heterocycles. The molecule has 1 aromatic heterocycles. The van der Waals surface area contributed by atoms with Gasteiger partial charge in [-0.15, -0.1) is 0 Å². The van der Waals surface area contributed by atoms with Crippen molar-refractivity contribution in [2.75, 3.05) is 126 Å². The smallest absolute Gasteiger partial charge is 0.326 e. The van der Waals surface area contributed by atoms with Gasteiger partial charge < -0.3 is 73.7 Å². The Bertz CT molecular complexity index is 2570. The van der Waals surface area contributed by atoms with Crippen molar-refractivity contribution in [3.8, 4) is 0 Å². The van der Waals surface area contributed by atoms with Crippen LogP contribution in [0.1, 0.15) is 103 Å². The van der Waals surface area contributed by atoms with Crippen molar-refractivity contribution >= 4 is 51.2 Å². The Hall–Kier alpha value is -5.78. The summed E-state index contributed by atoms with van der Waals surface area (Å²) < 4.78 is 68.2. The van der Waals surface area contributed by atoms with Crippen molar-refractivity contribution < 1.29 is 85.0 Å². The first-order valence-corrected chi connectivity index (χ1v) is 32.0. The fourth-order valence-corrected chi connectivity index (χ4v) is 11.2. The number of carboxylic acids is 1. The van der Waals surface area contributed by atoms with Crippen LogP contribution in [0.5, 0.6) is 0 Å². The van der Waals surface area contributed by atoms with Crippen molar-refractivity contribution in [3.63, 3.8) is 0 Å². The normalized spacial score (nSPS) is 18.5. The lowest BCUT2D eigenvalue weighted by Gasteiger charge is -2.41. The van der Waals surface area contributed by atoms with E-state index in [4.69, 9.17) is 37.9 Å². The van der Waals surface area contributed by atoms with E-state index in [0.717, 1.165) is 24.2 Å². The van der Waals surface area contributed by atoms with Crippen molar-refractivity contribution in [2.24, 2.45) is 17.8 Å². The number of hydrogen-bond acceptors (Lipinski definition) is 19. The first kappa shape index (κ1) is 73.7. The minimum atomic E-state index is -3.51. The van der Waals surface area contributed by atoms with Gasteiger partial charge in [0.1, 0.15) is 23.3 Å². The Morgan fingerprint density at radius 2 is 1.36 bits per heavy atom. The summed E-state index contributed by atoms with van der Waals surface area (Å²) in [5.74, 6) is -4.77. The van der Waals surface area contributed by atoms with Crippen molar-refractivity contribution in [3.05, 3.63) is 54.0 Å². The standard InChI is InChI=1S/C60H96N8O18S/c1-11-42(4)53(48(79-8)38-51(70)67-23-15-19-47(67)54(80-9)43(5)55(71)64-45(58(74)75)37-44-17-13-12-14-18-44)66(7)57(73)52(41(2)3)65-59(76)60(6)21-16-24-68(60)50(69)20-25-81-27-29-83-31-33-85-35-36-86-34-32-84-30-28-82-26-22-61-56(72)46-39-63-49(40-62-46)87(10,77)78/h12-14,17-18,39-43,45,47-48,52-54H,11,15-16,19-38H2,1-10H3,(H,61,72)(H,64,71)(H,65,76)(H,74,75)/t42-,43+,45-,47?,48+,52-,53-,54+,60-/m0/s1. The highest BCUT2D eigenvalue weighted by Crippen LogP contribution is 2.32. The van der Waals surface area contributed by atoms with E-state index in [0.29, 0.717) is 98.0 Å². The lowest BCUT2D eigenvalue weighted by molar-refractivity contribution is -0.150. The predicted molar refractivity (Wildman–Crippen MR) is 319 cm³/mol. The first-order chi connectivity index (χ1) is 41.5. The van der Waals surface area contributed by atoms with Gasteiger partial charge in [0.15, 0.2) is 14.9 Å². The number of benzene rings is 1. The highest BCUT2D eigenvalue weighted by molar-refractivity contribution is 7.90. The maximum absolute atomic E-state index is 14.7. The van der Waals surface area contributed by atoms with Gasteiger partial charge in [0.2, 0.25) is 29.5 Å². The second-order valence-electron chi connectivity index (χ2n) is 22.5. The molecule has 1 aromatic carbocycles. The van der Waals surface area contributed by atoms with E-state index in [1.54, 1.807) is 59.9 Å². The third-order valence-corrected chi connectivity index (χ3v) is 16.9. The lowest BCUT2D eigenvalue weighted by atomic mass is 9.89. The van der Waals surface area contributed by atoms with Gasteiger partial charge in [0.25, 0.3) is 5.91 Å². The molecule has 3 heterocycles. The quantitative estimate of drug-likeness (QED) is 0.0693. The molecule has 2 aliphatic heterocycles. The third kappa shape index (κ3) is 23.3. The Labute approximate surface area is 513 Å². The topological polar surface area (TPSA) is 319 Å². The number of likely N-dealkylation sites (N-methyl/N-ethyl adjacent to an activating group) is 1. The summed E-state index contributed by atoms with van der Waals surface area (Å²) in [5, 5.41) is 18.1. The molecule has 6 amide bonds. The number of sulfone groups is 1. The molecule has 4 rings (SSSR count). The van der Waals surface area contributed by atoms with Crippen LogP contribution in [-0.2, 0) is 82.9 Å². The van der Waals surface area contributed by atoms with Crippen LogP contribution < -0.4 is 16.0 Å². The fourth-order valence-electron chi connectivity index (χ4n) is 10.7. The molecule has 87 heavy (non-hydrogen) atoms. The SMILES string of the molecule is CC[C@H](C)[C@@H]([C@@H](CC(=O)N1CCCC1[C@H](OC)[C@@H](C)C(=O)N[C@@H](Cc1ccccc1)C(=O)O)OC)N(C)C(=O)[C@@H](NC(=O)[C@]1(C)CCCN1C(=O)CCOCCOCCOCCOCCOCCOCCNC(=O)c1cnc(S(C)(=O)=O)cn1)C(C)C. The minimum absolute atomic E-state index is 0.00698. The van der Waals surface area contributed by atoms with Crippen LogP contribution in [0.25, 0.3) is 0 Å². The van der Waals surface area contributed by atoms with Crippen molar-refractivity contribution in [1.29, 1.82) is 0 Å². The van der Waals surface area contributed by atoms with Gasteiger partial charge in [-0.2, -0.15) is 0 Å². The number of carboxylic acid groups (broad SMARTS) is 1. The molecule has 0 radical (unpaired) electrons. The van der Waals surface area contributed by atoms with E-state index < -0.39 is 81.4 Å². The molecular weight excluding hydrogens is 1150 g/mol. The fraction of sp³-hybridized carbons (Fsp3) is 0.717. The van der Waals surface area contributed by atoms with E-state index in [1.807, 2.05) is 33.8 Å². The molecule has 2 aliphatic rings. The van der Waals surface area contributed by atoms with E-state index in [9.17, 15) is 47.1 Å². The summed E-state index contributed by atoms with van der Waals surface area (Å²) in [6.45, 7) is 15.7. The summed E-state index contributed by atoms with van der Waals surface area (Å²) in [4.78, 5) is 108. The minimum Gasteiger partial charge on any atom is -0.480 e. The van der Waals surface area contributed by atoms with Gasteiger partial charge in [-0.05, 0) is 50.0 Å². The molecule has 9 atom stereocenters. The zero-order chi connectivity index (χ0) is 64.1. The Morgan fingerprint density at radius 1 is 0.770 bits per heavy atom. The molecule has 26 nitrogen and oxygen atoms in total. The zero-order valence-electron chi connectivity index (χ0n) is 52.5. The monoisotopic (exact) mass is 1250 g/mol. The predicted octanol–water partition coefficient (Wildman–Crippen LogP) is 2.35. The summed E-state index contributed by atoms with van der Waals surface area (Å²) in [6, 6.07) is 5.81. The van der Waals surface area contributed by atoms with Crippen LogP contribution in [-0.4, -0.2) is 248 Å². The molecule has 1 unspecified atom stereocenters. The number of ether oxygens (including phenoxy) is 8. The highest BCUT2D eigenvalue weighted by atomic mass is 32.2. The Balaban J connectivity index is 1.14. The Morgan fingerprint density at radius 3 is 1.87 bits per heavy atom. The summed E-state index contributed by atoms with van der Waals surface area (Å²) in [7, 11) is 1.13. The highest BCUT2D eigenvalue weighted by Gasteiger charge is 2.48. The second kappa shape index (κ2) is 37.9. The molecule has 4 N–H and O–H groups in total. The van der Waals surface area contributed by atoms with Gasteiger partial charge in [-0.25, -0.2) is 23.2 Å². The average molecular weight is 1250 g/mol. The molecule has 0 spiro atoms. The van der Waals surface area contributed by atoms with E-state index in [1.165, 1.54) is 14.2 Å². The van der Waals surface area contributed by atoms with E-state index >= 15 is 0 Å². The van der Waals surface area contributed by atoms with Gasteiger partial charge in [0, 0.05) is 53.6 Å². The number of amides is 6. The van der Waals surface area contributed by atoms with Gasteiger partial charge in [-0.3, -0.25) is 28.8 Å². The molecule has 27 heteroatoms. The number of methoxy groups -OCH3 is 2. The van der Waals surface area contributed by atoms with E-state index in [2.05, 4.69) is 25.9 Å². The molecule has 490 valence electrons. The van der Waals surface area contributed by atoms with Crippen LogP contribution in [0, 0.1) is 17.8 Å². The van der Waals surface area contributed by atoms with Crippen molar-refractivity contribution in [1.82, 2.24) is 40.6 Å². The van der Waals surface area contributed by atoms with Gasteiger partial charge in [-0.1, -0.05) is 71.4 Å². The molecule has 2 fully saturated rings. The van der Waals surface area contributed by atoms with Crippen LogP contribution in [0.15, 0.2) is 47.8 Å². The Kier molecular flexibility index (Phi) is 32.1. The second-order valence-corrected chi connectivity index (χ2v) is 24.5. The number of aliphatic carboxylic acids is 1. The third-order valence-electron chi connectivity index (χ3n) is 15.9. The number of carbonyl (C=O) groups excluding carboxylic acids is 6.